The first-order valence-corrected chi connectivity index (χ1v) is 10.8. The van der Waals surface area contributed by atoms with Gasteiger partial charge in [-0.25, -0.2) is 12.7 Å². The molecule has 1 N–H and O–H groups in total. The Balaban J connectivity index is 1.24. The van der Waals surface area contributed by atoms with Crippen LogP contribution in [0.2, 0.25) is 0 Å². The maximum atomic E-state index is 12.3. The van der Waals surface area contributed by atoms with Crippen molar-refractivity contribution in [2.45, 2.75) is 68.7 Å². The van der Waals surface area contributed by atoms with E-state index in [1.807, 2.05) is 0 Å². The van der Waals surface area contributed by atoms with Crippen LogP contribution in [-0.4, -0.2) is 43.1 Å². The van der Waals surface area contributed by atoms with Gasteiger partial charge in [0.05, 0.1) is 5.25 Å². The van der Waals surface area contributed by atoms with Crippen molar-refractivity contribution in [2.75, 3.05) is 13.1 Å². The smallest absolute Gasteiger partial charge is 0.216 e. The Hall–Kier alpha value is -0.910. The molecule has 24 heavy (non-hydrogen) atoms. The van der Waals surface area contributed by atoms with E-state index in [4.69, 9.17) is 0 Å². The summed E-state index contributed by atoms with van der Waals surface area (Å²) in [5, 5.41) is 3.70. The van der Waals surface area contributed by atoms with Gasteiger partial charge in [-0.3, -0.25) is 0 Å². The number of hydrogen-bond donors (Lipinski definition) is 1. The molecule has 132 valence electrons. The second-order valence-corrected chi connectivity index (χ2v) is 10.0. The van der Waals surface area contributed by atoms with Crippen LogP contribution in [0.1, 0.15) is 55.6 Å². The number of nitrogens with zero attached hydrogens (tertiary/aromatic N) is 1. The number of rotatable bonds is 5. The van der Waals surface area contributed by atoms with Crippen LogP contribution >= 0.6 is 0 Å². The van der Waals surface area contributed by atoms with Gasteiger partial charge in [-0.1, -0.05) is 24.3 Å². The van der Waals surface area contributed by atoms with E-state index in [2.05, 4.69) is 36.5 Å². The van der Waals surface area contributed by atoms with Crippen molar-refractivity contribution in [3.05, 3.63) is 35.4 Å². The van der Waals surface area contributed by atoms with Crippen LogP contribution in [0.3, 0.4) is 0 Å². The molecule has 3 aliphatic rings. The van der Waals surface area contributed by atoms with E-state index in [0.29, 0.717) is 31.1 Å². The lowest BCUT2D eigenvalue weighted by Crippen LogP contribution is -2.51. The molecule has 1 aromatic rings. The van der Waals surface area contributed by atoms with Gasteiger partial charge >= 0.3 is 0 Å². The Morgan fingerprint density at radius 2 is 1.67 bits per heavy atom. The van der Waals surface area contributed by atoms with Crippen LogP contribution in [-0.2, 0) is 10.0 Å². The molecule has 2 aliphatic carbocycles. The van der Waals surface area contributed by atoms with E-state index in [9.17, 15) is 8.42 Å². The summed E-state index contributed by atoms with van der Waals surface area (Å²) < 4.78 is 26.3. The van der Waals surface area contributed by atoms with Crippen LogP contribution in [0, 0.1) is 6.92 Å². The molecule has 0 amide bonds. The van der Waals surface area contributed by atoms with Crippen molar-refractivity contribution in [2.24, 2.45) is 0 Å². The molecule has 2 saturated carbocycles. The maximum Gasteiger partial charge on any atom is 0.216 e. The molecular weight excluding hydrogens is 320 g/mol. The van der Waals surface area contributed by atoms with Gasteiger partial charge in [0.1, 0.15) is 0 Å². The molecule has 0 unspecified atom stereocenters. The largest absolute Gasteiger partial charge is 0.311 e. The summed E-state index contributed by atoms with van der Waals surface area (Å²) in [5.74, 6) is 0.694. The molecule has 1 aromatic carbocycles. The summed E-state index contributed by atoms with van der Waals surface area (Å²) in [6.07, 6.45) is 6.07. The van der Waals surface area contributed by atoms with Crippen molar-refractivity contribution in [3.63, 3.8) is 0 Å². The molecule has 0 aromatic heterocycles. The summed E-state index contributed by atoms with van der Waals surface area (Å²) in [7, 11) is -2.98. The summed E-state index contributed by atoms with van der Waals surface area (Å²) in [4.78, 5) is 0. The second-order valence-electron chi connectivity index (χ2n) is 7.81. The number of benzene rings is 1. The average molecular weight is 349 g/mol. The van der Waals surface area contributed by atoms with Crippen LogP contribution in [0.4, 0.5) is 0 Å². The molecule has 0 spiro atoms. The van der Waals surface area contributed by atoms with Gasteiger partial charge in [-0.15, -0.1) is 0 Å². The fraction of sp³-hybridized carbons (Fsp3) is 0.684. The molecule has 4 nitrogen and oxygen atoms in total. The zero-order valence-corrected chi connectivity index (χ0v) is 15.3. The topological polar surface area (TPSA) is 49.4 Å². The Kier molecular flexibility index (Phi) is 4.43. The summed E-state index contributed by atoms with van der Waals surface area (Å²) in [6.45, 7) is 3.60. The molecule has 3 fully saturated rings. The fourth-order valence-electron chi connectivity index (χ4n) is 4.24. The van der Waals surface area contributed by atoms with E-state index in [0.717, 1.165) is 25.7 Å². The maximum absolute atomic E-state index is 12.3. The Morgan fingerprint density at radius 1 is 1.00 bits per heavy atom. The predicted molar refractivity (Wildman–Crippen MR) is 96.6 cm³/mol. The third-order valence-electron chi connectivity index (χ3n) is 6.00. The van der Waals surface area contributed by atoms with Gasteiger partial charge in [0.25, 0.3) is 0 Å². The SMILES string of the molecule is Cc1ccccc1C1CC(NC2CCN(S(=O)(=O)C3CC3)CC2)C1. The standard InChI is InChI=1S/C19H28N2O2S/c1-14-4-2-3-5-19(14)15-12-17(13-15)20-16-8-10-21(11-9-16)24(22,23)18-6-7-18/h2-5,15-18,20H,6-13H2,1H3. The minimum absolute atomic E-state index is 0.0662. The van der Waals surface area contributed by atoms with Crippen molar-refractivity contribution in [1.29, 1.82) is 0 Å². The molecule has 4 rings (SSSR count). The highest BCUT2D eigenvalue weighted by Crippen LogP contribution is 2.39. The lowest BCUT2D eigenvalue weighted by atomic mass is 9.74. The summed E-state index contributed by atoms with van der Waals surface area (Å²) in [5.41, 5.74) is 2.90. The predicted octanol–water partition coefficient (Wildman–Crippen LogP) is 2.79. The van der Waals surface area contributed by atoms with Crippen molar-refractivity contribution in [1.82, 2.24) is 9.62 Å². The van der Waals surface area contributed by atoms with E-state index >= 15 is 0 Å². The summed E-state index contributed by atoms with van der Waals surface area (Å²) in [6, 6.07) is 9.80. The lowest BCUT2D eigenvalue weighted by molar-refractivity contribution is 0.218. The molecule has 0 bridgehead atoms. The third kappa shape index (κ3) is 3.26. The zero-order chi connectivity index (χ0) is 16.7. The highest BCUT2D eigenvalue weighted by molar-refractivity contribution is 7.90. The number of nitrogens with one attached hydrogen (secondary N) is 1. The van der Waals surface area contributed by atoms with Gasteiger partial charge in [-0.05, 0) is 62.5 Å². The van der Waals surface area contributed by atoms with E-state index in [-0.39, 0.29) is 5.25 Å². The van der Waals surface area contributed by atoms with Gasteiger partial charge < -0.3 is 5.32 Å². The Bertz CT molecular complexity index is 685. The molecule has 1 saturated heterocycles. The minimum atomic E-state index is -2.98. The van der Waals surface area contributed by atoms with Crippen LogP contribution < -0.4 is 5.32 Å². The van der Waals surface area contributed by atoms with Gasteiger partial charge in [0, 0.05) is 25.2 Å². The highest BCUT2D eigenvalue weighted by atomic mass is 32.2. The summed E-state index contributed by atoms with van der Waals surface area (Å²) >= 11 is 0. The second kappa shape index (κ2) is 6.43. The third-order valence-corrected chi connectivity index (χ3v) is 8.40. The monoisotopic (exact) mass is 348 g/mol. The lowest BCUT2D eigenvalue weighted by Gasteiger charge is -2.41. The van der Waals surface area contributed by atoms with E-state index in [1.165, 1.54) is 24.0 Å². The molecular formula is C19H28N2O2S. The Morgan fingerprint density at radius 3 is 2.29 bits per heavy atom. The number of piperidine rings is 1. The zero-order valence-electron chi connectivity index (χ0n) is 14.4. The van der Waals surface area contributed by atoms with Crippen molar-refractivity contribution >= 4 is 10.0 Å². The van der Waals surface area contributed by atoms with Crippen molar-refractivity contribution in [3.8, 4) is 0 Å². The molecule has 0 radical (unpaired) electrons. The van der Waals surface area contributed by atoms with E-state index < -0.39 is 10.0 Å². The first-order valence-electron chi connectivity index (χ1n) is 9.34. The quantitative estimate of drug-likeness (QED) is 0.890. The van der Waals surface area contributed by atoms with Crippen molar-refractivity contribution < 1.29 is 8.42 Å². The molecule has 0 atom stereocenters. The molecule has 1 aliphatic heterocycles. The number of hydrogen-bond acceptors (Lipinski definition) is 3. The number of sulfonamides is 1. The first-order chi connectivity index (χ1) is 11.5. The fourth-order valence-corrected chi connectivity index (χ4v) is 6.11. The normalized spacial score (nSPS) is 29.4. The van der Waals surface area contributed by atoms with Gasteiger partial charge in [0.2, 0.25) is 10.0 Å². The number of aryl methyl sites for hydroxylation is 1. The van der Waals surface area contributed by atoms with Crippen LogP contribution in [0.5, 0.6) is 0 Å². The highest BCUT2D eigenvalue weighted by Gasteiger charge is 2.41. The van der Waals surface area contributed by atoms with Crippen LogP contribution in [0.25, 0.3) is 0 Å². The minimum Gasteiger partial charge on any atom is -0.311 e. The average Bonchev–Trinajstić information content (AvgIpc) is 3.37. The van der Waals surface area contributed by atoms with Gasteiger partial charge in [-0.2, -0.15) is 0 Å². The Labute approximate surface area is 145 Å². The first kappa shape index (κ1) is 16.6. The molecule has 1 heterocycles. The van der Waals surface area contributed by atoms with Gasteiger partial charge in [0.15, 0.2) is 0 Å². The van der Waals surface area contributed by atoms with Crippen LogP contribution in [0.15, 0.2) is 24.3 Å². The van der Waals surface area contributed by atoms with E-state index in [1.54, 1.807) is 4.31 Å². The molecule has 5 heteroatoms.